The predicted molar refractivity (Wildman–Crippen MR) is 73.2 cm³/mol. The van der Waals surface area contributed by atoms with E-state index >= 15 is 0 Å². The van der Waals surface area contributed by atoms with E-state index in [2.05, 4.69) is 12.2 Å². The quantitative estimate of drug-likeness (QED) is 0.826. The fourth-order valence-corrected chi connectivity index (χ4v) is 2.30. The molecule has 0 amide bonds. The molecule has 0 saturated heterocycles. The zero-order chi connectivity index (χ0) is 13.1. The predicted octanol–water partition coefficient (Wildman–Crippen LogP) is 3.73. The molecule has 98 valence electrons. The van der Waals surface area contributed by atoms with Gasteiger partial charge in [-0.25, -0.2) is 4.79 Å². The van der Waals surface area contributed by atoms with Crippen molar-refractivity contribution in [3.63, 3.8) is 0 Å². The largest absolute Gasteiger partial charge is 0.465 e. The maximum atomic E-state index is 11.5. The summed E-state index contributed by atoms with van der Waals surface area (Å²) >= 11 is 6.16. The molecule has 18 heavy (non-hydrogen) atoms. The van der Waals surface area contributed by atoms with Gasteiger partial charge in [0.05, 0.1) is 23.4 Å². The van der Waals surface area contributed by atoms with E-state index in [4.69, 9.17) is 16.3 Å². The lowest BCUT2D eigenvalue weighted by atomic mass is 10.1. The van der Waals surface area contributed by atoms with Gasteiger partial charge in [0.2, 0.25) is 0 Å². The van der Waals surface area contributed by atoms with Crippen LogP contribution in [0, 0.1) is 5.92 Å². The monoisotopic (exact) mass is 267 g/mol. The Labute approximate surface area is 112 Å². The Morgan fingerprint density at radius 3 is 2.83 bits per heavy atom. The second-order valence-corrected chi connectivity index (χ2v) is 5.09. The first-order valence-electron chi connectivity index (χ1n) is 6.30. The number of carbonyl (C=O) groups excluding carboxylic acids is 1. The third-order valence-electron chi connectivity index (χ3n) is 3.36. The number of benzene rings is 1. The van der Waals surface area contributed by atoms with Gasteiger partial charge in [0.25, 0.3) is 0 Å². The molecule has 1 aliphatic rings. The summed E-state index contributed by atoms with van der Waals surface area (Å²) in [6, 6.07) is 5.61. The SMILES string of the molecule is CCC(Nc1cc(C(=O)OC)ccc1Cl)C1CC1. The fourth-order valence-electron chi connectivity index (χ4n) is 2.13. The molecule has 3 nitrogen and oxygen atoms in total. The minimum absolute atomic E-state index is 0.339. The summed E-state index contributed by atoms with van der Waals surface area (Å²) in [6.45, 7) is 2.16. The number of hydrogen-bond acceptors (Lipinski definition) is 3. The van der Waals surface area contributed by atoms with E-state index < -0.39 is 0 Å². The smallest absolute Gasteiger partial charge is 0.337 e. The summed E-state index contributed by atoms with van der Waals surface area (Å²) in [7, 11) is 1.38. The second kappa shape index (κ2) is 5.61. The van der Waals surface area contributed by atoms with Crippen LogP contribution in [0.4, 0.5) is 5.69 Å². The first-order chi connectivity index (χ1) is 8.65. The van der Waals surface area contributed by atoms with E-state index in [9.17, 15) is 4.79 Å². The van der Waals surface area contributed by atoms with Crippen molar-refractivity contribution < 1.29 is 9.53 Å². The van der Waals surface area contributed by atoms with Crippen LogP contribution in [0.15, 0.2) is 18.2 Å². The summed E-state index contributed by atoms with van der Waals surface area (Å²) in [5, 5.41) is 4.08. The Morgan fingerprint density at radius 1 is 1.56 bits per heavy atom. The van der Waals surface area contributed by atoms with Crippen LogP contribution < -0.4 is 5.32 Å². The van der Waals surface area contributed by atoms with Crippen molar-refractivity contribution in [2.24, 2.45) is 5.92 Å². The third kappa shape index (κ3) is 2.96. The summed E-state index contributed by atoms with van der Waals surface area (Å²) < 4.78 is 4.71. The number of rotatable bonds is 5. The van der Waals surface area contributed by atoms with Crippen LogP contribution in [0.3, 0.4) is 0 Å². The van der Waals surface area contributed by atoms with Crippen molar-refractivity contribution in [3.8, 4) is 0 Å². The molecule has 1 atom stereocenters. The van der Waals surface area contributed by atoms with Crippen molar-refractivity contribution in [1.82, 2.24) is 0 Å². The highest BCUT2D eigenvalue weighted by atomic mass is 35.5. The van der Waals surface area contributed by atoms with Crippen LogP contribution in [-0.2, 0) is 4.74 Å². The minimum Gasteiger partial charge on any atom is -0.465 e. The first-order valence-corrected chi connectivity index (χ1v) is 6.68. The summed E-state index contributed by atoms with van der Waals surface area (Å²) in [5.74, 6) is 0.405. The first kappa shape index (κ1) is 13.2. The Morgan fingerprint density at radius 2 is 2.28 bits per heavy atom. The molecule has 0 bridgehead atoms. The van der Waals surface area contributed by atoms with Gasteiger partial charge in [-0.15, -0.1) is 0 Å². The molecular weight excluding hydrogens is 250 g/mol. The lowest BCUT2D eigenvalue weighted by molar-refractivity contribution is 0.0601. The molecule has 1 aromatic rings. The summed E-state index contributed by atoms with van der Waals surface area (Å²) in [4.78, 5) is 11.5. The molecule has 2 rings (SSSR count). The molecule has 1 aliphatic carbocycles. The van der Waals surface area contributed by atoms with Gasteiger partial charge >= 0.3 is 5.97 Å². The lowest BCUT2D eigenvalue weighted by Gasteiger charge is -2.19. The maximum absolute atomic E-state index is 11.5. The van der Waals surface area contributed by atoms with E-state index in [0.29, 0.717) is 16.6 Å². The van der Waals surface area contributed by atoms with Crippen LogP contribution in [0.1, 0.15) is 36.5 Å². The normalized spacial score (nSPS) is 16.2. The van der Waals surface area contributed by atoms with Crippen molar-refractivity contribution in [2.75, 3.05) is 12.4 Å². The van der Waals surface area contributed by atoms with Gasteiger partial charge in [-0.3, -0.25) is 0 Å². The number of halogens is 1. The van der Waals surface area contributed by atoms with E-state index in [1.165, 1.54) is 20.0 Å². The van der Waals surface area contributed by atoms with Crippen molar-refractivity contribution >= 4 is 23.3 Å². The van der Waals surface area contributed by atoms with Gasteiger partial charge in [-0.05, 0) is 43.4 Å². The highest BCUT2D eigenvalue weighted by Gasteiger charge is 2.30. The standard InChI is InChI=1S/C14H18ClNO2/c1-3-12(9-4-5-9)16-13-8-10(14(17)18-2)6-7-11(13)15/h6-9,12,16H,3-5H2,1-2H3. The van der Waals surface area contributed by atoms with Crippen molar-refractivity contribution in [2.45, 2.75) is 32.2 Å². The molecule has 4 heteroatoms. The van der Waals surface area contributed by atoms with E-state index in [1.807, 2.05) is 0 Å². The molecule has 1 saturated carbocycles. The molecule has 0 radical (unpaired) electrons. The van der Waals surface area contributed by atoms with Gasteiger partial charge in [0.15, 0.2) is 0 Å². The topological polar surface area (TPSA) is 38.3 Å². The number of anilines is 1. The Balaban J connectivity index is 2.17. The maximum Gasteiger partial charge on any atom is 0.337 e. The van der Waals surface area contributed by atoms with Crippen LogP contribution in [0.2, 0.25) is 5.02 Å². The minimum atomic E-state index is -0.339. The summed E-state index contributed by atoms with van der Waals surface area (Å²) in [5.41, 5.74) is 1.34. The molecule has 0 aromatic heterocycles. The number of carbonyl (C=O) groups is 1. The number of esters is 1. The zero-order valence-electron chi connectivity index (χ0n) is 10.7. The number of ether oxygens (including phenoxy) is 1. The third-order valence-corrected chi connectivity index (χ3v) is 3.69. The van der Waals surface area contributed by atoms with Crippen molar-refractivity contribution in [1.29, 1.82) is 0 Å². The number of hydrogen-bond donors (Lipinski definition) is 1. The van der Waals surface area contributed by atoms with Gasteiger partial charge in [0, 0.05) is 6.04 Å². The molecule has 1 aromatic carbocycles. The molecule has 0 heterocycles. The molecule has 1 N–H and O–H groups in total. The summed E-state index contributed by atoms with van der Waals surface area (Å²) in [6.07, 6.45) is 3.61. The Kier molecular flexibility index (Phi) is 4.12. The Hall–Kier alpha value is -1.22. The highest BCUT2D eigenvalue weighted by Crippen LogP contribution is 2.36. The van der Waals surface area contributed by atoms with E-state index in [0.717, 1.165) is 18.0 Å². The average molecular weight is 268 g/mol. The average Bonchev–Trinajstić information content (AvgIpc) is 3.21. The highest BCUT2D eigenvalue weighted by molar-refractivity contribution is 6.33. The molecule has 1 unspecified atom stereocenters. The van der Waals surface area contributed by atoms with Crippen LogP contribution in [-0.4, -0.2) is 19.1 Å². The number of nitrogens with one attached hydrogen (secondary N) is 1. The number of methoxy groups -OCH3 is 1. The van der Waals surface area contributed by atoms with Crippen LogP contribution in [0.25, 0.3) is 0 Å². The second-order valence-electron chi connectivity index (χ2n) is 4.68. The van der Waals surface area contributed by atoms with Crippen LogP contribution in [0.5, 0.6) is 0 Å². The Bertz CT molecular complexity index is 443. The molecule has 0 aliphatic heterocycles. The fraction of sp³-hybridized carbons (Fsp3) is 0.500. The van der Waals surface area contributed by atoms with Gasteiger partial charge < -0.3 is 10.1 Å². The zero-order valence-corrected chi connectivity index (χ0v) is 11.5. The lowest BCUT2D eigenvalue weighted by Crippen LogP contribution is -2.21. The van der Waals surface area contributed by atoms with Gasteiger partial charge in [-0.2, -0.15) is 0 Å². The van der Waals surface area contributed by atoms with Gasteiger partial charge in [0.1, 0.15) is 0 Å². The van der Waals surface area contributed by atoms with Crippen LogP contribution >= 0.6 is 11.6 Å². The molecule has 0 spiro atoms. The van der Waals surface area contributed by atoms with E-state index in [-0.39, 0.29) is 5.97 Å². The van der Waals surface area contributed by atoms with Crippen molar-refractivity contribution in [3.05, 3.63) is 28.8 Å². The molecular formula is C14H18ClNO2. The van der Waals surface area contributed by atoms with E-state index in [1.54, 1.807) is 18.2 Å². The molecule has 1 fully saturated rings. The van der Waals surface area contributed by atoms with Gasteiger partial charge in [-0.1, -0.05) is 18.5 Å².